The third kappa shape index (κ3) is 3.57. The molecular formula is C14H12BrCl2NO2. The van der Waals surface area contributed by atoms with Gasteiger partial charge in [0.15, 0.2) is 0 Å². The molecule has 2 rings (SSSR count). The molecule has 0 saturated heterocycles. The Morgan fingerprint density at radius 3 is 2.75 bits per heavy atom. The minimum atomic E-state index is 0.318. The van der Waals surface area contributed by atoms with Gasteiger partial charge in [0, 0.05) is 22.1 Å². The van der Waals surface area contributed by atoms with Gasteiger partial charge in [0.05, 0.1) is 17.7 Å². The zero-order valence-corrected chi connectivity index (χ0v) is 13.8. The fraction of sp³-hybridized carbons (Fsp3) is 0.214. The van der Waals surface area contributed by atoms with E-state index in [2.05, 4.69) is 20.9 Å². The Morgan fingerprint density at radius 2 is 2.05 bits per heavy atom. The largest absolute Gasteiger partial charge is 0.487 e. The number of nitrogens with zero attached hydrogens (tertiary/aromatic N) is 1. The molecule has 0 fully saturated rings. The monoisotopic (exact) mass is 375 g/mol. The number of hydrogen-bond donors (Lipinski definition) is 0. The Bertz CT molecular complexity index is 608. The van der Waals surface area contributed by atoms with Gasteiger partial charge < -0.3 is 9.47 Å². The Hall–Kier alpha value is -0.970. The van der Waals surface area contributed by atoms with Crippen molar-refractivity contribution in [2.75, 3.05) is 7.11 Å². The molecule has 0 aliphatic carbocycles. The predicted octanol–water partition coefficient (Wildman–Crippen LogP) is 4.87. The molecule has 0 bridgehead atoms. The van der Waals surface area contributed by atoms with Gasteiger partial charge in [-0.25, -0.2) is 4.98 Å². The van der Waals surface area contributed by atoms with Gasteiger partial charge in [0.25, 0.3) is 0 Å². The van der Waals surface area contributed by atoms with Gasteiger partial charge in [0.2, 0.25) is 5.88 Å². The molecule has 0 unspecified atom stereocenters. The van der Waals surface area contributed by atoms with Crippen LogP contribution in [0.25, 0.3) is 0 Å². The Labute approximate surface area is 136 Å². The first kappa shape index (κ1) is 15.4. The van der Waals surface area contributed by atoms with Crippen molar-refractivity contribution in [1.29, 1.82) is 0 Å². The highest BCUT2D eigenvalue weighted by atomic mass is 79.9. The third-order valence-corrected chi connectivity index (χ3v) is 3.75. The van der Waals surface area contributed by atoms with Crippen molar-refractivity contribution in [2.45, 2.75) is 11.9 Å². The summed E-state index contributed by atoms with van der Waals surface area (Å²) in [7, 11) is 1.57. The maximum absolute atomic E-state index is 6.18. The van der Waals surface area contributed by atoms with Crippen LogP contribution in [0.3, 0.4) is 0 Å². The molecule has 6 heteroatoms. The summed E-state index contributed by atoms with van der Waals surface area (Å²) in [5.74, 6) is 1.15. The topological polar surface area (TPSA) is 31.4 Å². The van der Waals surface area contributed by atoms with Crippen LogP contribution < -0.4 is 9.47 Å². The first-order valence-corrected chi connectivity index (χ1v) is 7.68. The molecular weight excluding hydrogens is 365 g/mol. The molecule has 0 atom stereocenters. The van der Waals surface area contributed by atoms with Crippen LogP contribution in [-0.2, 0) is 11.9 Å². The highest BCUT2D eigenvalue weighted by Crippen LogP contribution is 2.34. The number of ether oxygens (including phenoxy) is 2. The fourth-order valence-electron chi connectivity index (χ4n) is 1.74. The van der Waals surface area contributed by atoms with Gasteiger partial charge in [-0.05, 0) is 24.3 Å². The van der Waals surface area contributed by atoms with E-state index in [4.69, 9.17) is 32.7 Å². The molecule has 20 heavy (non-hydrogen) atoms. The molecule has 0 saturated carbocycles. The number of pyridine rings is 1. The SMILES string of the molecule is COc1ncccc1COc1c(Cl)cc(Cl)cc1CBr. The van der Waals surface area contributed by atoms with E-state index in [1.54, 1.807) is 19.4 Å². The molecule has 1 aromatic heterocycles. The molecule has 0 N–H and O–H groups in total. The number of alkyl halides is 1. The lowest BCUT2D eigenvalue weighted by atomic mass is 10.2. The molecule has 0 aliphatic rings. The van der Waals surface area contributed by atoms with E-state index < -0.39 is 0 Å². The van der Waals surface area contributed by atoms with Crippen LogP contribution in [0.1, 0.15) is 11.1 Å². The van der Waals surface area contributed by atoms with Crippen molar-refractivity contribution in [3.05, 3.63) is 51.6 Å². The third-order valence-electron chi connectivity index (χ3n) is 2.64. The Morgan fingerprint density at radius 1 is 1.25 bits per heavy atom. The minimum absolute atomic E-state index is 0.318. The average molecular weight is 377 g/mol. The summed E-state index contributed by atoms with van der Waals surface area (Å²) < 4.78 is 11.0. The standard InChI is InChI=1S/C14H12BrCl2NO2/c1-19-14-9(3-2-4-18-14)8-20-13-10(7-15)5-11(16)6-12(13)17/h2-6H,7-8H2,1H3. The van der Waals surface area contributed by atoms with Crippen LogP contribution in [0.2, 0.25) is 10.0 Å². The van der Waals surface area contributed by atoms with Crippen molar-refractivity contribution >= 4 is 39.1 Å². The summed E-state index contributed by atoms with van der Waals surface area (Å²) >= 11 is 15.5. The van der Waals surface area contributed by atoms with E-state index in [-0.39, 0.29) is 0 Å². The summed E-state index contributed by atoms with van der Waals surface area (Å²) in [4.78, 5) is 4.12. The van der Waals surface area contributed by atoms with Crippen LogP contribution in [0, 0.1) is 0 Å². The van der Waals surface area contributed by atoms with E-state index in [9.17, 15) is 0 Å². The first-order valence-electron chi connectivity index (χ1n) is 5.80. The quantitative estimate of drug-likeness (QED) is 0.697. The highest BCUT2D eigenvalue weighted by molar-refractivity contribution is 9.08. The minimum Gasteiger partial charge on any atom is -0.487 e. The van der Waals surface area contributed by atoms with Gasteiger partial charge in [-0.3, -0.25) is 0 Å². The molecule has 106 valence electrons. The molecule has 0 amide bonds. The van der Waals surface area contributed by atoms with E-state index >= 15 is 0 Å². The van der Waals surface area contributed by atoms with E-state index in [0.29, 0.717) is 33.6 Å². The molecule has 2 aromatic rings. The van der Waals surface area contributed by atoms with Gasteiger partial charge in [-0.2, -0.15) is 0 Å². The Balaban J connectivity index is 2.23. The maximum Gasteiger partial charge on any atom is 0.219 e. The summed E-state index contributed by atoms with van der Waals surface area (Å²) in [6.07, 6.45) is 1.67. The van der Waals surface area contributed by atoms with Gasteiger partial charge in [0.1, 0.15) is 12.4 Å². The lowest BCUT2D eigenvalue weighted by Crippen LogP contribution is -2.02. The zero-order chi connectivity index (χ0) is 14.5. The second-order valence-corrected chi connectivity index (χ2v) is 5.37. The van der Waals surface area contributed by atoms with Gasteiger partial charge >= 0.3 is 0 Å². The van der Waals surface area contributed by atoms with Crippen molar-refractivity contribution in [1.82, 2.24) is 4.98 Å². The smallest absolute Gasteiger partial charge is 0.219 e. The molecule has 1 heterocycles. The van der Waals surface area contributed by atoms with Crippen LogP contribution >= 0.6 is 39.1 Å². The van der Waals surface area contributed by atoms with E-state index in [0.717, 1.165) is 11.1 Å². The van der Waals surface area contributed by atoms with Crippen LogP contribution in [0.15, 0.2) is 30.5 Å². The first-order chi connectivity index (χ1) is 9.65. The lowest BCUT2D eigenvalue weighted by molar-refractivity contribution is 0.292. The second-order valence-electron chi connectivity index (χ2n) is 3.97. The number of hydrogen-bond acceptors (Lipinski definition) is 3. The Kier molecular flexibility index (Phi) is 5.52. The highest BCUT2D eigenvalue weighted by Gasteiger charge is 2.12. The van der Waals surface area contributed by atoms with E-state index in [1.165, 1.54) is 0 Å². The number of methoxy groups -OCH3 is 1. The molecule has 0 radical (unpaired) electrons. The van der Waals surface area contributed by atoms with Crippen LogP contribution in [-0.4, -0.2) is 12.1 Å². The van der Waals surface area contributed by atoms with Gasteiger partial charge in [-0.1, -0.05) is 39.1 Å². The molecule has 0 aliphatic heterocycles. The number of halogens is 3. The normalized spacial score (nSPS) is 10.4. The van der Waals surface area contributed by atoms with Crippen LogP contribution in [0.5, 0.6) is 11.6 Å². The number of rotatable bonds is 5. The predicted molar refractivity (Wildman–Crippen MR) is 84.2 cm³/mol. The van der Waals surface area contributed by atoms with Crippen molar-refractivity contribution in [3.63, 3.8) is 0 Å². The zero-order valence-electron chi connectivity index (χ0n) is 10.7. The van der Waals surface area contributed by atoms with Crippen molar-refractivity contribution < 1.29 is 9.47 Å². The summed E-state index contributed by atoms with van der Waals surface area (Å²) in [6, 6.07) is 7.20. The molecule has 0 spiro atoms. The van der Waals surface area contributed by atoms with E-state index in [1.807, 2.05) is 18.2 Å². The summed E-state index contributed by atoms with van der Waals surface area (Å²) in [6.45, 7) is 0.318. The average Bonchev–Trinajstić information content (AvgIpc) is 2.45. The molecule has 1 aromatic carbocycles. The second kappa shape index (κ2) is 7.16. The number of benzene rings is 1. The van der Waals surface area contributed by atoms with Gasteiger partial charge in [-0.15, -0.1) is 0 Å². The summed E-state index contributed by atoms with van der Waals surface area (Å²) in [5, 5.41) is 1.66. The maximum atomic E-state index is 6.18. The van der Waals surface area contributed by atoms with Crippen LogP contribution in [0.4, 0.5) is 0 Å². The fourth-order valence-corrected chi connectivity index (χ4v) is 2.75. The number of aromatic nitrogens is 1. The molecule has 3 nitrogen and oxygen atoms in total. The van der Waals surface area contributed by atoms with Crippen molar-refractivity contribution in [2.24, 2.45) is 0 Å². The van der Waals surface area contributed by atoms with Crippen molar-refractivity contribution in [3.8, 4) is 11.6 Å². The lowest BCUT2D eigenvalue weighted by Gasteiger charge is -2.13. The summed E-state index contributed by atoms with van der Waals surface area (Å²) in [5.41, 5.74) is 1.74.